The van der Waals surface area contributed by atoms with Gasteiger partial charge in [-0.2, -0.15) is 0 Å². The maximum Gasteiger partial charge on any atom is 0.346 e. The minimum Gasteiger partial charge on any atom is -0.477 e. The molecule has 0 spiro atoms. The summed E-state index contributed by atoms with van der Waals surface area (Å²) in [7, 11) is 0. The Hall–Kier alpha value is -2.47. The summed E-state index contributed by atoms with van der Waals surface area (Å²) in [5.74, 6) is 0.352. The van der Waals surface area contributed by atoms with Crippen molar-refractivity contribution in [2.24, 2.45) is 0 Å². The van der Waals surface area contributed by atoms with E-state index < -0.39 is 5.97 Å². The van der Waals surface area contributed by atoms with Crippen LogP contribution < -0.4 is 5.32 Å². The highest BCUT2D eigenvalue weighted by molar-refractivity contribution is 7.20. The van der Waals surface area contributed by atoms with Crippen LogP contribution >= 0.6 is 11.3 Å². The Balaban J connectivity index is 2.18. The summed E-state index contributed by atoms with van der Waals surface area (Å²) in [4.78, 5) is 21.3. The predicted octanol–water partition coefficient (Wildman–Crippen LogP) is 4.31. The second kappa shape index (κ2) is 5.96. The molecule has 0 amide bonds. The van der Waals surface area contributed by atoms with E-state index in [0.717, 1.165) is 17.5 Å². The number of hydrogen-bond acceptors (Lipinski definition) is 5. The monoisotopic (exact) mass is 327 g/mol. The topological polar surface area (TPSA) is 75.1 Å². The van der Waals surface area contributed by atoms with E-state index in [0.29, 0.717) is 26.9 Å². The Bertz CT molecular complexity index is 902. The normalized spacial score (nSPS) is 10.9. The van der Waals surface area contributed by atoms with Gasteiger partial charge in [-0.3, -0.25) is 0 Å². The van der Waals surface area contributed by atoms with Gasteiger partial charge in [0.2, 0.25) is 0 Å². The van der Waals surface area contributed by atoms with Crippen molar-refractivity contribution in [1.82, 2.24) is 9.97 Å². The average Bonchev–Trinajstić information content (AvgIpc) is 2.85. The molecule has 2 aromatic heterocycles. The molecule has 3 rings (SSSR count). The minimum atomic E-state index is -0.928. The number of aromatic carboxylic acids is 1. The fourth-order valence-corrected chi connectivity index (χ4v) is 3.68. The molecule has 0 unspecified atom stereocenters. The van der Waals surface area contributed by atoms with Gasteiger partial charge in [-0.05, 0) is 37.5 Å². The van der Waals surface area contributed by atoms with Gasteiger partial charge in [0.05, 0.1) is 5.39 Å². The molecule has 6 heteroatoms. The standard InChI is InChI=1S/C17H17N3O2S/c1-4-11-7-5-6-8-12(11)20-15-13-9(2)14(17(21)22)23-16(13)19-10(3)18-15/h5-8H,4H2,1-3H3,(H,21,22)(H,18,19,20). The zero-order chi connectivity index (χ0) is 16.6. The first-order valence-electron chi connectivity index (χ1n) is 7.37. The number of aromatic nitrogens is 2. The van der Waals surface area contributed by atoms with E-state index in [1.165, 1.54) is 16.9 Å². The van der Waals surface area contributed by atoms with Gasteiger partial charge in [-0.15, -0.1) is 11.3 Å². The molecule has 23 heavy (non-hydrogen) atoms. The molecule has 3 aromatic rings. The van der Waals surface area contributed by atoms with E-state index in [-0.39, 0.29) is 0 Å². The van der Waals surface area contributed by atoms with E-state index in [1.54, 1.807) is 6.92 Å². The van der Waals surface area contributed by atoms with Crippen LogP contribution in [0.2, 0.25) is 0 Å². The molecule has 0 aliphatic heterocycles. The molecule has 5 nitrogen and oxygen atoms in total. The van der Waals surface area contributed by atoms with Crippen molar-refractivity contribution in [2.75, 3.05) is 5.32 Å². The van der Waals surface area contributed by atoms with E-state index in [9.17, 15) is 9.90 Å². The van der Waals surface area contributed by atoms with Crippen molar-refractivity contribution >= 4 is 39.0 Å². The van der Waals surface area contributed by atoms with Crippen LogP contribution in [-0.2, 0) is 6.42 Å². The van der Waals surface area contributed by atoms with Crippen molar-refractivity contribution in [3.63, 3.8) is 0 Å². The van der Waals surface area contributed by atoms with Gasteiger partial charge in [0, 0.05) is 5.69 Å². The number of benzene rings is 1. The second-order valence-corrected chi connectivity index (χ2v) is 6.30. The third-order valence-corrected chi connectivity index (χ3v) is 4.92. The van der Waals surface area contributed by atoms with Crippen molar-refractivity contribution < 1.29 is 9.90 Å². The Kier molecular flexibility index (Phi) is 4.00. The first-order chi connectivity index (χ1) is 11.0. The third-order valence-electron chi connectivity index (χ3n) is 3.75. The molecule has 0 fully saturated rings. The number of carbonyl (C=O) groups is 1. The number of carboxylic acids is 1. The number of aryl methyl sites for hydroxylation is 3. The summed E-state index contributed by atoms with van der Waals surface area (Å²) in [5, 5.41) is 13.5. The first kappa shape index (κ1) is 15.4. The number of para-hydroxylation sites is 1. The third kappa shape index (κ3) is 2.77. The highest BCUT2D eigenvalue weighted by Gasteiger charge is 2.19. The fourth-order valence-electron chi connectivity index (χ4n) is 2.62. The molecule has 0 aliphatic rings. The zero-order valence-electron chi connectivity index (χ0n) is 13.2. The van der Waals surface area contributed by atoms with Crippen LogP contribution in [0, 0.1) is 13.8 Å². The quantitative estimate of drug-likeness (QED) is 0.746. The molecule has 118 valence electrons. The van der Waals surface area contributed by atoms with Crippen LogP contribution in [0.1, 0.15) is 33.5 Å². The highest BCUT2D eigenvalue weighted by atomic mass is 32.1. The van der Waals surface area contributed by atoms with Crippen LogP contribution in [0.25, 0.3) is 10.2 Å². The number of thiophene rings is 1. The van der Waals surface area contributed by atoms with Crippen molar-refractivity contribution in [3.8, 4) is 0 Å². The Labute approximate surface area is 138 Å². The van der Waals surface area contributed by atoms with Gasteiger partial charge in [0.1, 0.15) is 21.3 Å². The van der Waals surface area contributed by atoms with Gasteiger partial charge in [0.25, 0.3) is 0 Å². The summed E-state index contributed by atoms with van der Waals surface area (Å²) in [6.07, 6.45) is 0.902. The van der Waals surface area contributed by atoms with Crippen LogP contribution in [-0.4, -0.2) is 21.0 Å². The summed E-state index contributed by atoms with van der Waals surface area (Å²) < 4.78 is 0. The smallest absolute Gasteiger partial charge is 0.346 e. The Morgan fingerprint density at radius 2 is 2.00 bits per heavy atom. The van der Waals surface area contributed by atoms with Crippen LogP contribution in [0.4, 0.5) is 11.5 Å². The molecule has 0 bridgehead atoms. The molecule has 0 aliphatic carbocycles. The lowest BCUT2D eigenvalue weighted by Gasteiger charge is -2.12. The largest absolute Gasteiger partial charge is 0.477 e. The fraction of sp³-hybridized carbons (Fsp3) is 0.235. The van der Waals surface area contributed by atoms with Crippen LogP contribution in [0.5, 0.6) is 0 Å². The van der Waals surface area contributed by atoms with Gasteiger partial charge in [0.15, 0.2) is 0 Å². The average molecular weight is 327 g/mol. The van der Waals surface area contributed by atoms with E-state index in [2.05, 4.69) is 28.3 Å². The number of anilines is 2. The molecule has 0 saturated carbocycles. The van der Waals surface area contributed by atoms with Crippen LogP contribution in [0.3, 0.4) is 0 Å². The van der Waals surface area contributed by atoms with Gasteiger partial charge < -0.3 is 10.4 Å². The number of carboxylic acid groups (broad SMARTS) is 1. The predicted molar refractivity (Wildman–Crippen MR) is 93.0 cm³/mol. The highest BCUT2D eigenvalue weighted by Crippen LogP contribution is 2.35. The van der Waals surface area contributed by atoms with E-state index in [1.807, 2.05) is 25.1 Å². The number of nitrogens with zero attached hydrogens (tertiary/aromatic N) is 2. The Morgan fingerprint density at radius 3 is 2.70 bits per heavy atom. The van der Waals surface area contributed by atoms with Gasteiger partial charge >= 0.3 is 5.97 Å². The van der Waals surface area contributed by atoms with Crippen LogP contribution in [0.15, 0.2) is 24.3 Å². The second-order valence-electron chi connectivity index (χ2n) is 5.30. The number of hydrogen-bond donors (Lipinski definition) is 2. The van der Waals surface area contributed by atoms with Crippen molar-refractivity contribution in [3.05, 3.63) is 46.1 Å². The first-order valence-corrected chi connectivity index (χ1v) is 8.18. The van der Waals surface area contributed by atoms with Crippen molar-refractivity contribution in [2.45, 2.75) is 27.2 Å². The summed E-state index contributed by atoms with van der Waals surface area (Å²) in [6.45, 7) is 5.71. The number of fused-ring (bicyclic) bond motifs is 1. The number of rotatable bonds is 4. The molecule has 1 aromatic carbocycles. The molecule has 2 N–H and O–H groups in total. The molecular formula is C17H17N3O2S. The van der Waals surface area contributed by atoms with E-state index in [4.69, 9.17) is 0 Å². The lowest BCUT2D eigenvalue weighted by atomic mass is 10.1. The maximum atomic E-state index is 11.4. The Morgan fingerprint density at radius 1 is 1.26 bits per heavy atom. The van der Waals surface area contributed by atoms with Gasteiger partial charge in [-0.25, -0.2) is 14.8 Å². The molecular weight excluding hydrogens is 310 g/mol. The lowest BCUT2D eigenvalue weighted by molar-refractivity contribution is 0.0701. The lowest BCUT2D eigenvalue weighted by Crippen LogP contribution is -2.01. The van der Waals surface area contributed by atoms with Gasteiger partial charge in [-0.1, -0.05) is 25.1 Å². The minimum absolute atomic E-state index is 0.312. The summed E-state index contributed by atoms with van der Waals surface area (Å²) >= 11 is 1.19. The molecule has 0 atom stereocenters. The maximum absolute atomic E-state index is 11.4. The molecule has 0 radical (unpaired) electrons. The molecule has 2 heterocycles. The summed E-state index contributed by atoms with van der Waals surface area (Å²) in [5.41, 5.74) is 2.87. The van der Waals surface area contributed by atoms with E-state index >= 15 is 0 Å². The zero-order valence-corrected chi connectivity index (χ0v) is 14.0. The summed E-state index contributed by atoms with van der Waals surface area (Å²) in [6, 6.07) is 8.04. The number of nitrogens with one attached hydrogen (secondary N) is 1. The molecule has 0 saturated heterocycles. The SMILES string of the molecule is CCc1ccccc1Nc1nc(C)nc2sc(C(=O)O)c(C)c12. The van der Waals surface area contributed by atoms with Crippen molar-refractivity contribution in [1.29, 1.82) is 0 Å².